The van der Waals surface area contributed by atoms with Gasteiger partial charge in [0, 0.05) is 17.7 Å². The van der Waals surface area contributed by atoms with Gasteiger partial charge in [0.1, 0.15) is 23.3 Å². The maximum Gasteiger partial charge on any atom is 0.128 e. The summed E-state index contributed by atoms with van der Waals surface area (Å²) in [6.07, 6.45) is 1.13. The molecule has 0 radical (unpaired) electrons. The molecule has 2 nitrogen and oxygen atoms in total. The highest BCUT2D eigenvalue weighted by Crippen LogP contribution is 2.12. The molecule has 0 aliphatic heterocycles. The first kappa shape index (κ1) is 13.1. The summed E-state index contributed by atoms with van der Waals surface area (Å²) in [6.45, 7) is 0. The molecule has 0 fully saturated rings. The molecule has 0 unspecified atom stereocenters. The Morgan fingerprint density at radius 2 is 1.21 bits per heavy atom. The van der Waals surface area contributed by atoms with E-state index in [9.17, 15) is 17.6 Å². The van der Waals surface area contributed by atoms with Crippen LogP contribution in [-0.2, 0) is 0 Å². The number of rotatable bonds is 3. The largest absolute Gasteiger partial charge is 0.278 e. The highest BCUT2D eigenvalue weighted by molar-refractivity contribution is 5.80. The molecule has 6 heteroatoms. The maximum atomic E-state index is 12.9. The molecular formula is C13H8F4N2. The minimum absolute atomic E-state index is 0.0885. The van der Waals surface area contributed by atoms with Crippen LogP contribution in [0, 0.1) is 23.3 Å². The second kappa shape index (κ2) is 5.51. The highest BCUT2D eigenvalue weighted by atomic mass is 19.1. The average Bonchev–Trinajstić information content (AvgIpc) is 2.26. The van der Waals surface area contributed by atoms with Crippen molar-refractivity contribution in [3.05, 3.63) is 65.2 Å². The van der Waals surface area contributed by atoms with Crippen molar-refractivity contribution in [3.8, 4) is 0 Å². The van der Waals surface area contributed by atoms with Gasteiger partial charge in [0.05, 0.1) is 11.9 Å². The van der Waals surface area contributed by atoms with Crippen molar-refractivity contribution < 1.29 is 17.6 Å². The second-order valence-electron chi connectivity index (χ2n) is 3.73. The van der Waals surface area contributed by atoms with E-state index in [1.165, 1.54) is 0 Å². The Morgan fingerprint density at radius 1 is 0.737 bits per heavy atom. The first-order valence-electron chi connectivity index (χ1n) is 5.24. The molecule has 2 aromatic rings. The third kappa shape index (κ3) is 3.80. The maximum absolute atomic E-state index is 12.9. The molecule has 0 heterocycles. The van der Waals surface area contributed by atoms with Crippen molar-refractivity contribution in [2.24, 2.45) is 5.10 Å². The van der Waals surface area contributed by atoms with Gasteiger partial charge >= 0.3 is 0 Å². The predicted octanol–water partition coefficient (Wildman–Crippen LogP) is 3.69. The Balaban J connectivity index is 2.11. The topological polar surface area (TPSA) is 24.4 Å². The lowest BCUT2D eigenvalue weighted by atomic mass is 10.2. The van der Waals surface area contributed by atoms with Crippen LogP contribution in [0.15, 0.2) is 41.5 Å². The fraction of sp³-hybridized carbons (Fsp3) is 0. The van der Waals surface area contributed by atoms with E-state index >= 15 is 0 Å². The standard InChI is InChI=1S/C13H8F4N2/c14-9-1-8(2-10(15)3-9)7-18-19-13-5-11(16)4-12(17)6-13/h1-7,19H/b18-7+. The summed E-state index contributed by atoms with van der Waals surface area (Å²) in [7, 11) is 0. The van der Waals surface area contributed by atoms with Gasteiger partial charge in [-0.25, -0.2) is 17.6 Å². The zero-order valence-corrected chi connectivity index (χ0v) is 9.50. The van der Waals surface area contributed by atoms with Crippen LogP contribution in [0.5, 0.6) is 0 Å². The molecule has 0 aliphatic carbocycles. The third-order valence-corrected chi connectivity index (χ3v) is 2.15. The van der Waals surface area contributed by atoms with Gasteiger partial charge < -0.3 is 0 Å². The molecule has 0 saturated carbocycles. The van der Waals surface area contributed by atoms with Crippen LogP contribution in [0.3, 0.4) is 0 Å². The minimum atomic E-state index is -0.755. The molecule has 0 amide bonds. The molecule has 98 valence electrons. The summed E-state index contributed by atoms with van der Waals surface area (Å²) in [5.74, 6) is -2.99. The normalized spacial score (nSPS) is 10.9. The Labute approximate surface area is 106 Å². The van der Waals surface area contributed by atoms with Crippen LogP contribution < -0.4 is 5.43 Å². The van der Waals surface area contributed by atoms with Gasteiger partial charge in [0.15, 0.2) is 0 Å². The van der Waals surface area contributed by atoms with Gasteiger partial charge in [-0.05, 0) is 24.3 Å². The summed E-state index contributed by atoms with van der Waals surface area (Å²) >= 11 is 0. The number of hydrogen-bond acceptors (Lipinski definition) is 2. The Kier molecular flexibility index (Phi) is 3.79. The van der Waals surface area contributed by atoms with Crippen LogP contribution in [0.25, 0.3) is 0 Å². The zero-order chi connectivity index (χ0) is 13.8. The number of halogens is 4. The van der Waals surface area contributed by atoms with Gasteiger partial charge in [0.2, 0.25) is 0 Å². The minimum Gasteiger partial charge on any atom is -0.278 e. The van der Waals surface area contributed by atoms with E-state index < -0.39 is 23.3 Å². The van der Waals surface area contributed by atoms with E-state index in [1.807, 2.05) is 0 Å². The fourth-order valence-electron chi connectivity index (χ4n) is 1.45. The number of benzene rings is 2. The summed E-state index contributed by atoms with van der Waals surface area (Å²) in [4.78, 5) is 0. The quantitative estimate of drug-likeness (QED) is 0.512. The van der Waals surface area contributed by atoms with Crippen LogP contribution in [0.1, 0.15) is 5.56 Å². The van der Waals surface area contributed by atoms with Gasteiger partial charge in [0.25, 0.3) is 0 Å². The van der Waals surface area contributed by atoms with E-state index in [4.69, 9.17) is 0 Å². The lowest BCUT2D eigenvalue weighted by molar-refractivity contribution is 0.582. The first-order chi connectivity index (χ1) is 9.02. The van der Waals surface area contributed by atoms with Gasteiger partial charge in [-0.15, -0.1) is 0 Å². The number of hydrazone groups is 1. The van der Waals surface area contributed by atoms with Crippen molar-refractivity contribution in [1.82, 2.24) is 0 Å². The monoisotopic (exact) mass is 268 g/mol. The summed E-state index contributed by atoms with van der Waals surface area (Å²) < 4.78 is 51.4. The third-order valence-electron chi connectivity index (χ3n) is 2.15. The van der Waals surface area contributed by atoms with E-state index in [-0.39, 0.29) is 11.3 Å². The Hall–Kier alpha value is -2.37. The number of hydrogen-bond donors (Lipinski definition) is 1. The summed E-state index contributed by atoms with van der Waals surface area (Å²) in [5.41, 5.74) is 2.63. The average molecular weight is 268 g/mol. The van der Waals surface area contributed by atoms with Crippen molar-refractivity contribution in [2.45, 2.75) is 0 Å². The Bertz CT molecular complexity index is 586. The predicted molar refractivity (Wildman–Crippen MR) is 63.9 cm³/mol. The zero-order valence-electron chi connectivity index (χ0n) is 9.50. The number of anilines is 1. The molecule has 0 saturated heterocycles. The van der Waals surface area contributed by atoms with E-state index in [1.54, 1.807) is 0 Å². The fourth-order valence-corrected chi connectivity index (χ4v) is 1.45. The van der Waals surface area contributed by atoms with Gasteiger partial charge in [-0.2, -0.15) is 5.10 Å². The first-order valence-corrected chi connectivity index (χ1v) is 5.24. The summed E-state index contributed by atoms with van der Waals surface area (Å²) in [6, 6.07) is 5.66. The molecule has 2 rings (SSSR count). The van der Waals surface area contributed by atoms with Crippen molar-refractivity contribution >= 4 is 11.9 Å². The van der Waals surface area contributed by atoms with Crippen LogP contribution in [0.2, 0.25) is 0 Å². The molecule has 0 atom stereocenters. The molecule has 19 heavy (non-hydrogen) atoms. The molecule has 0 aliphatic rings. The summed E-state index contributed by atoms with van der Waals surface area (Å²) in [5, 5.41) is 3.63. The SMILES string of the molecule is Fc1cc(F)cc(/C=N/Nc2cc(F)cc(F)c2)c1. The van der Waals surface area contributed by atoms with Crippen LogP contribution in [-0.4, -0.2) is 6.21 Å². The van der Waals surface area contributed by atoms with Gasteiger partial charge in [-0.1, -0.05) is 0 Å². The molecule has 0 spiro atoms. The van der Waals surface area contributed by atoms with Crippen molar-refractivity contribution in [3.63, 3.8) is 0 Å². The molecule has 1 N–H and O–H groups in total. The van der Waals surface area contributed by atoms with Gasteiger partial charge in [-0.3, -0.25) is 5.43 Å². The Morgan fingerprint density at radius 3 is 1.74 bits per heavy atom. The molecule has 0 aromatic heterocycles. The van der Waals surface area contributed by atoms with Crippen molar-refractivity contribution in [1.29, 1.82) is 0 Å². The van der Waals surface area contributed by atoms with E-state index in [0.29, 0.717) is 0 Å². The number of nitrogens with zero attached hydrogens (tertiary/aromatic N) is 1. The smallest absolute Gasteiger partial charge is 0.128 e. The van der Waals surface area contributed by atoms with E-state index in [0.717, 1.165) is 42.6 Å². The van der Waals surface area contributed by atoms with E-state index in [2.05, 4.69) is 10.5 Å². The molecule has 0 bridgehead atoms. The molecule has 2 aromatic carbocycles. The molecular weight excluding hydrogens is 260 g/mol. The lowest BCUT2D eigenvalue weighted by Gasteiger charge is -2.01. The lowest BCUT2D eigenvalue weighted by Crippen LogP contribution is -1.93. The number of nitrogens with one attached hydrogen (secondary N) is 1. The van der Waals surface area contributed by atoms with Crippen LogP contribution in [0.4, 0.5) is 23.2 Å². The second-order valence-corrected chi connectivity index (χ2v) is 3.73. The highest BCUT2D eigenvalue weighted by Gasteiger charge is 2.00. The van der Waals surface area contributed by atoms with Crippen LogP contribution >= 0.6 is 0 Å². The van der Waals surface area contributed by atoms with Crippen molar-refractivity contribution in [2.75, 3.05) is 5.43 Å².